The summed E-state index contributed by atoms with van der Waals surface area (Å²) in [5.41, 5.74) is 2.24. The van der Waals surface area contributed by atoms with Crippen LogP contribution in [0.15, 0.2) is 36.9 Å². The largest absolute Gasteiger partial charge is 0.332 e. The van der Waals surface area contributed by atoms with Gasteiger partial charge in [-0.15, -0.1) is 6.58 Å². The van der Waals surface area contributed by atoms with Crippen LogP contribution in [0.25, 0.3) is 0 Å². The third-order valence-electron chi connectivity index (χ3n) is 5.92. The summed E-state index contributed by atoms with van der Waals surface area (Å²) in [5.74, 6) is 1.42. The molecule has 0 radical (unpaired) electrons. The Balaban J connectivity index is 1.48. The lowest BCUT2D eigenvalue weighted by molar-refractivity contribution is -0.944. The first-order valence-corrected chi connectivity index (χ1v) is 9.49. The molecule has 0 spiro atoms. The number of anilines is 1. The maximum Gasteiger partial charge on any atom is 0.319 e. The van der Waals surface area contributed by atoms with Gasteiger partial charge in [-0.25, -0.2) is 4.79 Å². The summed E-state index contributed by atoms with van der Waals surface area (Å²) in [4.78, 5) is 13.8. The van der Waals surface area contributed by atoms with Crippen LogP contribution in [0, 0.1) is 11.8 Å². The van der Waals surface area contributed by atoms with Crippen LogP contribution in [0.5, 0.6) is 0 Å². The van der Waals surface area contributed by atoms with E-state index in [1.165, 1.54) is 31.5 Å². The Morgan fingerprint density at radius 2 is 2.04 bits per heavy atom. The van der Waals surface area contributed by atoms with Crippen LogP contribution in [0.3, 0.4) is 0 Å². The summed E-state index contributed by atoms with van der Waals surface area (Å²) in [7, 11) is 0. The number of benzene rings is 1. The number of quaternary nitrogens is 1. The summed E-state index contributed by atoms with van der Waals surface area (Å²) in [6.07, 6.45) is 4.63. The second-order valence-electron chi connectivity index (χ2n) is 8.66. The highest BCUT2D eigenvalue weighted by atomic mass is 16.2. The number of nitrogens with one attached hydrogen (secondary N) is 3. The Bertz CT molecular complexity index is 617. The number of hydrogen-bond donors (Lipinski definition) is 3. The van der Waals surface area contributed by atoms with Crippen molar-refractivity contribution in [1.29, 1.82) is 0 Å². The molecule has 3 fully saturated rings. The summed E-state index contributed by atoms with van der Waals surface area (Å²) >= 11 is 0. The molecule has 3 N–H and O–H groups in total. The smallest absolute Gasteiger partial charge is 0.319 e. The number of carbonyl (C=O) groups is 1. The summed E-state index contributed by atoms with van der Waals surface area (Å²) in [5, 5.41) is 6.02. The van der Waals surface area contributed by atoms with Gasteiger partial charge in [0.2, 0.25) is 0 Å². The van der Waals surface area contributed by atoms with E-state index in [9.17, 15) is 4.79 Å². The van der Waals surface area contributed by atoms with E-state index in [0.717, 1.165) is 18.2 Å². The van der Waals surface area contributed by atoms with E-state index in [1.54, 1.807) is 4.90 Å². The molecule has 0 aromatic heterocycles. The fourth-order valence-electron chi connectivity index (χ4n) is 4.30. The van der Waals surface area contributed by atoms with Crippen LogP contribution in [0.4, 0.5) is 10.5 Å². The van der Waals surface area contributed by atoms with E-state index < -0.39 is 0 Å². The Labute approximate surface area is 151 Å². The van der Waals surface area contributed by atoms with Crippen LogP contribution in [0.1, 0.15) is 39.2 Å². The average Bonchev–Trinajstić information content (AvgIpc) is 2.60. The van der Waals surface area contributed by atoms with Crippen molar-refractivity contribution in [2.75, 3.05) is 25.0 Å². The Kier molecular flexibility index (Phi) is 5.19. The molecule has 4 rings (SSSR count). The molecule has 1 aromatic rings. The van der Waals surface area contributed by atoms with E-state index in [4.69, 9.17) is 0 Å². The van der Waals surface area contributed by atoms with E-state index in [-0.39, 0.29) is 11.4 Å². The van der Waals surface area contributed by atoms with Crippen molar-refractivity contribution in [3.63, 3.8) is 0 Å². The minimum Gasteiger partial charge on any atom is -0.332 e. The van der Waals surface area contributed by atoms with Crippen molar-refractivity contribution in [3.05, 3.63) is 42.5 Å². The molecule has 3 aliphatic rings. The van der Waals surface area contributed by atoms with Crippen molar-refractivity contribution in [3.8, 4) is 0 Å². The average molecular weight is 343 g/mol. The summed E-state index contributed by atoms with van der Waals surface area (Å²) in [6, 6.07) is 8.56. The molecule has 0 aliphatic carbocycles. The van der Waals surface area contributed by atoms with Gasteiger partial charge in [0.05, 0.1) is 19.6 Å². The number of fused-ring (bicyclic) bond motifs is 3. The van der Waals surface area contributed by atoms with E-state index in [2.05, 4.69) is 56.2 Å². The first-order valence-electron chi connectivity index (χ1n) is 9.49. The Morgan fingerprint density at radius 1 is 1.32 bits per heavy atom. The standard InChI is InChI=1S/C21H31N3O/c1-5-15-14-24-11-10-16(15)12-19(24)13-22-20(25)23-18-8-6-17(7-9-18)21(2,3)4/h5-9,15-16,19H,1,10-14H2,2-4H3,(H2,22,23,25)/p+1/t15-,16-,19+/m0/s1. The Hall–Kier alpha value is -1.81. The fourth-order valence-corrected chi connectivity index (χ4v) is 4.30. The monoisotopic (exact) mass is 342 g/mol. The molecule has 1 aromatic carbocycles. The maximum atomic E-state index is 12.2. The molecule has 136 valence electrons. The second-order valence-corrected chi connectivity index (χ2v) is 8.66. The Morgan fingerprint density at radius 3 is 2.60 bits per heavy atom. The SMILES string of the molecule is C=C[C@H]1C[NH+]2CC[C@H]1C[C@@H]2CNC(=O)Nc1ccc(C(C)(C)C)cc1. The number of hydrogen-bond acceptors (Lipinski definition) is 1. The third kappa shape index (κ3) is 4.24. The predicted octanol–water partition coefficient (Wildman–Crippen LogP) is 2.58. The van der Waals surface area contributed by atoms with Gasteiger partial charge in [-0.05, 0) is 29.0 Å². The molecule has 0 saturated carbocycles. The highest BCUT2D eigenvalue weighted by Gasteiger charge is 2.42. The summed E-state index contributed by atoms with van der Waals surface area (Å²) in [6.45, 7) is 13.7. The zero-order chi connectivity index (χ0) is 18.0. The van der Waals surface area contributed by atoms with Crippen molar-refractivity contribution < 1.29 is 9.69 Å². The van der Waals surface area contributed by atoms with Gasteiger partial charge in [0.15, 0.2) is 0 Å². The molecule has 4 nitrogen and oxygen atoms in total. The topological polar surface area (TPSA) is 45.6 Å². The predicted molar refractivity (Wildman–Crippen MR) is 103 cm³/mol. The highest BCUT2D eigenvalue weighted by molar-refractivity contribution is 5.89. The van der Waals surface area contributed by atoms with Crippen molar-refractivity contribution in [2.24, 2.45) is 11.8 Å². The first-order chi connectivity index (χ1) is 11.9. The highest BCUT2D eigenvalue weighted by Crippen LogP contribution is 2.27. The van der Waals surface area contributed by atoms with E-state index in [0.29, 0.717) is 12.0 Å². The lowest BCUT2D eigenvalue weighted by atomic mass is 9.75. The van der Waals surface area contributed by atoms with Gasteiger partial charge in [0, 0.05) is 24.4 Å². The van der Waals surface area contributed by atoms with Gasteiger partial charge >= 0.3 is 6.03 Å². The lowest BCUT2D eigenvalue weighted by Gasteiger charge is -2.46. The van der Waals surface area contributed by atoms with Crippen molar-refractivity contribution in [2.45, 2.75) is 45.1 Å². The number of rotatable bonds is 4. The number of amides is 2. The molecule has 1 unspecified atom stereocenters. The zero-order valence-corrected chi connectivity index (χ0v) is 15.8. The quantitative estimate of drug-likeness (QED) is 0.724. The van der Waals surface area contributed by atoms with Gasteiger partial charge in [-0.1, -0.05) is 39.0 Å². The van der Waals surface area contributed by atoms with Crippen molar-refractivity contribution in [1.82, 2.24) is 5.32 Å². The molecule has 2 amide bonds. The zero-order valence-electron chi connectivity index (χ0n) is 15.8. The van der Waals surface area contributed by atoms with Crippen LogP contribution in [0.2, 0.25) is 0 Å². The van der Waals surface area contributed by atoms with Gasteiger partial charge in [-0.2, -0.15) is 0 Å². The van der Waals surface area contributed by atoms with Crippen LogP contribution in [-0.2, 0) is 5.41 Å². The molecule has 2 bridgehead atoms. The maximum absolute atomic E-state index is 12.2. The van der Waals surface area contributed by atoms with Crippen LogP contribution < -0.4 is 15.5 Å². The number of piperidine rings is 3. The van der Waals surface area contributed by atoms with Crippen LogP contribution >= 0.6 is 0 Å². The second kappa shape index (κ2) is 7.20. The first kappa shape index (κ1) is 18.0. The van der Waals surface area contributed by atoms with Crippen LogP contribution in [-0.4, -0.2) is 31.7 Å². The van der Waals surface area contributed by atoms with E-state index >= 15 is 0 Å². The number of carbonyl (C=O) groups excluding carboxylic acids is 1. The lowest BCUT2D eigenvalue weighted by Crippen LogP contribution is -3.20. The molecule has 3 saturated heterocycles. The number of urea groups is 1. The minimum atomic E-state index is -0.106. The molecule has 25 heavy (non-hydrogen) atoms. The molecular formula is C21H32N3O+. The normalized spacial score (nSPS) is 28.4. The van der Waals surface area contributed by atoms with Gasteiger partial charge in [0.25, 0.3) is 0 Å². The summed E-state index contributed by atoms with van der Waals surface area (Å²) < 4.78 is 0. The molecule has 4 heteroatoms. The van der Waals surface area contributed by atoms with Gasteiger partial charge < -0.3 is 15.5 Å². The molecule has 3 aliphatic heterocycles. The van der Waals surface area contributed by atoms with Gasteiger partial charge in [0.1, 0.15) is 6.04 Å². The van der Waals surface area contributed by atoms with Gasteiger partial charge in [-0.3, -0.25) is 0 Å². The molecular weight excluding hydrogens is 310 g/mol. The fraction of sp³-hybridized carbons (Fsp3) is 0.571. The third-order valence-corrected chi connectivity index (χ3v) is 5.92. The minimum absolute atomic E-state index is 0.106. The van der Waals surface area contributed by atoms with E-state index in [1.807, 2.05) is 12.1 Å². The van der Waals surface area contributed by atoms with Crippen molar-refractivity contribution >= 4 is 11.7 Å². The molecule has 4 atom stereocenters. The molecule has 3 heterocycles.